The number of rotatable bonds is 5. The van der Waals surface area contributed by atoms with Crippen molar-refractivity contribution in [2.24, 2.45) is 0 Å². The number of nitrogens with zero attached hydrogens (tertiary/aromatic N) is 2. The topological polar surface area (TPSA) is 72.2 Å². The zero-order valence-corrected chi connectivity index (χ0v) is 13.4. The van der Waals surface area contributed by atoms with Gasteiger partial charge in [-0.3, -0.25) is 4.79 Å². The van der Waals surface area contributed by atoms with Crippen LogP contribution >= 0.6 is 0 Å². The van der Waals surface area contributed by atoms with Crippen molar-refractivity contribution in [3.8, 4) is 5.69 Å². The highest BCUT2D eigenvalue weighted by Crippen LogP contribution is 2.43. The molecule has 25 heavy (non-hydrogen) atoms. The summed E-state index contributed by atoms with van der Waals surface area (Å²) in [4.78, 5) is 24.8. The molecule has 1 fully saturated rings. The zero-order chi connectivity index (χ0) is 17.4. The van der Waals surface area contributed by atoms with E-state index in [0.717, 1.165) is 18.5 Å². The summed E-state index contributed by atoms with van der Waals surface area (Å²) in [5.41, 5.74) is 1.85. The molecular formula is C20H16N2O3. The molecule has 1 aromatic heterocycles. The molecule has 0 unspecified atom stereocenters. The first-order chi connectivity index (χ1) is 12.2. The quantitative estimate of drug-likeness (QED) is 0.724. The molecule has 3 aromatic rings. The molecule has 1 aliphatic carbocycles. The summed E-state index contributed by atoms with van der Waals surface area (Å²) in [5.74, 6) is -1.34. The van der Waals surface area contributed by atoms with Gasteiger partial charge in [0.2, 0.25) is 5.78 Å². The second-order valence-corrected chi connectivity index (χ2v) is 6.13. The molecule has 0 spiro atoms. The molecule has 0 atom stereocenters. The van der Waals surface area contributed by atoms with Gasteiger partial charge in [-0.2, -0.15) is 5.10 Å². The minimum absolute atomic E-state index is 0.00412. The summed E-state index contributed by atoms with van der Waals surface area (Å²) in [5, 5.41) is 14.2. The van der Waals surface area contributed by atoms with Gasteiger partial charge in [0.15, 0.2) is 0 Å². The van der Waals surface area contributed by atoms with Crippen LogP contribution in [-0.2, 0) is 0 Å². The van der Waals surface area contributed by atoms with Crippen LogP contribution in [0.15, 0.2) is 60.7 Å². The summed E-state index contributed by atoms with van der Waals surface area (Å²) < 4.78 is 1.62. The molecular weight excluding hydrogens is 316 g/mol. The number of carboxylic acid groups (broad SMARTS) is 1. The van der Waals surface area contributed by atoms with Crippen molar-refractivity contribution < 1.29 is 14.7 Å². The predicted octanol–water partition coefficient (Wildman–Crippen LogP) is 3.68. The van der Waals surface area contributed by atoms with Crippen molar-refractivity contribution in [1.82, 2.24) is 9.78 Å². The van der Waals surface area contributed by atoms with E-state index in [9.17, 15) is 14.7 Å². The Bertz CT molecular complexity index is 942. The Balaban J connectivity index is 1.93. The van der Waals surface area contributed by atoms with E-state index < -0.39 is 5.97 Å². The molecule has 0 bridgehead atoms. The maximum Gasteiger partial charge on any atom is 0.340 e. The van der Waals surface area contributed by atoms with E-state index in [1.54, 1.807) is 28.9 Å². The minimum Gasteiger partial charge on any atom is -0.478 e. The maximum atomic E-state index is 12.9. The molecule has 0 amide bonds. The monoisotopic (exact) mass is 332 g/mol. The van der Waals surface area contributed by atoms with Crippen LogP contribution in [0.2, 0.25) is 0 Å². The Labute approximate surface area is 144 Å². The first-order valence-corrected chi connectivity index (χ1v) is 8.18. The number of para-hydroxylation sites is 1. The van der Waals surface area contributed by atoms with Gasteiger partial charge in [0.1, 0.15) is 11.3 Å². The molecule has 1 heterocycles. The van der Waals surface area contributed by atoms with Crippen molar-refractivity contribution in [3.63, 3.8) is 0 Å². The van der Waals surface area contributed by atoms with Gasteiger partial charge in [-0.15, -0.1) is 0 Å². The van der Waals surface area contributed by atoms with E-state index in [1.165, 1.54) is 0 Å². The summed E-state index contributed by atoms with van der Waals surface area (Å²) >= 11 is 0. The second-order valence-electron chi connectivity index (χ2n) is 6.13. The first kappa shape index (κ1) is 15.3. The Kier molecular flexibility index (Phi) is 3.69. The highest BCUT2D eigenvalue weighted by Gasteiger charge is 2.37. The molecule has 0 aliphatic heterocycles. The van der Waals surface area contributed by atoms with E-state index in [-0.39, 0.29) is 23.0 Å². The lowest BCUT2D eigenvalue weighted by atomic mass is 10.0. The third-order valence-electron chi connectivity index (χ3n) is 4.35. The number of aromatic carboxylic acids is 1. The lowest BCUT2D eigenvalue weighted by molar-refractivity contribution is 0.0691. The number of benzene rings is 2. The average molecular weight is 332 g/mol. The standard InChI is InChI=1S/C20H16N2O3/c23-19(14-7-3-1-4-8-14)17-16(20(24)25)18(13-11-12-13)22(21-17)15-9-5-2-6-10-15/h1-10,13H,11-12H2,(H,24,25). The molecule has 2 aromatic carbocycles. The van der Waals surface area contributed by atoms with Crippen LogP contribution in [0.25, 0.3) is 5.69 Å². The third kappa shape index (κ3) is 2.74. The van der Waals surface area contributed by atoms with Crippen molar-refractivity contribution in [1.29, 1.82) is 0 Å². The number of carbonyl (C=O) groups excluding carboxylic acids is 1. The zero-order valence-electron chi connectivity index (χ0n) is 13.4. The fraction of sp³-hybridized carbons (Fsp3) is 0.150. The van der Waals surface area contributed by atoms with E-state index >= 15 is 0 Å². The van der Waals surface area contributed by atoms with Crippen LogP contribution < -0.4 is 0 Å². The lowest BCUT2D eigenvalue weighted by Gasteiger charge is -2.06. The molecule has 0 saturated heterocycles. The van der Waals surface area contributed by atoms with Crippen LogP contribution in [0.1, 0.15) is 50.9 Å². The minimum atomic E-state index is -1.11. The van der Waals surface area contributed by atoms with Crippen LogP contribution in [0, 0.1) is 0 Å². The van der Waals surface area contributed by atoms with Crippen LogP contribution in [0.4, 0.5) is 0 Å². The lowest BCUT2D eigenvalue weighted by Crippen LogP contribution is -2.10. The van der Waals surface area contributed by atoms with Gasteiger partial charge in [-0.25, -0.2) is 9.48 Å². The van der Waals surface area contributed by atoms with Gasteiger partial charge in [0.05, 0.1) is 11.4 Å². The van der Waals surface area contributed by atoms with Crippen LogP contribution in [0.3, 0.4) is 0 Å². The fourth-order valence-electron chi connectivity index (χ4n) is 3.03. The number of hydrogen-bond donors (Lipinski definition) is 1. The number of carboxylic acids is 1. The predicted molar refractivity (Wildman–Crippen MR) is 92.4 cm³/mol. The smallest absolute Gasteiger partial charge is 0.340 e. The molecule has 5 nitrogen and oxygen atoms in total. The Morgan fingerprint density at radius 1 is 0.960 bits per heavy atom. The van der Waals surface area contributed by atoms with Crippen LogP contribution in [-0.4, -0.2) is 26.6 Å². The summed E-state index contributed by atoms with van der Waals surface area (Å²) in [6.07, 6.45) is 1.83. The number of hydrogen-bond acceptors (Lipinski definition) is 3. The molecule has 1 saturated carbocycles. The molecule has 4 rings (SSSR count). The maximum absolute atomic E-state index is 12.9. The van der Waals surface area contributed by atoms with Gasteiger partial charge >= 0.3 is 5.97 Å². The van der Waals surface area contributed by atoms with Gasteiger partial charge in [0, 0.05) is 11.5 Å². The van der Waals surface area contributed by atoms with E-state index in [4.69, 9.17) is 0 Å². The van der Waals surface area contributed by atoms with Crippen molar-refractivity contribution in [2.75, 3.05) is 0 Å². The fourth-order valence-corrected chi connectivity index (χ4v) is 3.03. The Morgan fingerprint density at radius 2 is 1.56 bits per heavy atom. The van der Waals surface area contributed by atoms with Gasteiger partial charge < -0.3 is 5.11 Å². The summed E-state index contributed by atoms with van der Waals surface area (Å²) in [7, 11) is 0. The first-order valence-electron chi connectivity index (χ1n) is 8.18. The normalized spacial score (nSPS) is 13.6. The molecule has 124 valence electrons. The van der Waals surface area contributed by atoms with Crippen LogP contribution in [0.5, 0.6) is 0 Å². The van der Waals surface area contributed by atoms with E-state index in [1.807, 2.05) is 36.4 Å². The molecule has 1 aliphatic rings. The Hall–Kier alpha value is -3.21. The summed E-state index contributed by atoms with van der Waals surface area (Å²) in [6.45, 7) is 0. The average Bonchev–Trinajstić information content (AvgIpc) is 3.41. The highest BCUT2D eigenvalue weighted by molar-refractivity contribution is 6.13. The number of carbonyl (C=O) groups is 2. The summed E-state index contributed by atoms with van der Waals surface area (Å²) in [6, 6.07) is 18.0. The molecule has 0 radical (unpaired) electrons. The van der Waals surface area contributed by atoms with Gasteiger partial charge in [0.25, 0.3) is 0 Å². The Morgan fingerprint density at radius 3 is 2.12 bits per heavy atom. The molecule has 5 heteroatoms. The number of ketones is 1. The van der Waals surface area contributed by atoms with E-state index in [0.29, 0.717) is 11.3 Å². The SMILES string of the molecule is O=C(c1ccccc1)c1nn(-c2ccccc2)c(C2CC2)c1C(=O)O. The highest BCUT2D eigenvalue weighted by atomic mass is 16.4. The van der Waals surface area contributed by atoms with Crippen molar-refractivity contribution in [2.45, 2.75) is 18.8 Å². The van der Waals surface area contributed by atoms with E-state index in [2.05, 4.69) is 5.10 Å². The van der Waals surface area contributed by atoms with Crippen molar-refractivity contribution in [3.05, 3.63) is 83.2 Å². The van der Waals surface area contributed by atoms with Gasteiger partial charge in [-0.1, -0.05) is 48.5 Å². The third-order valence-corrected chi connectivity index (χ3v) is 4.35. The van der Waals surface area contributed by atoms with Crippen molar-refractivity contribution >= 4 is 11.8 Å². The number of aromatic nitrogens is 2. The second kappa shape index (κ2) is 6.02. The molecule has 1 N–H and O–H groups in total. The largest absolute Gasteiger partial charge is 0.478 e. The van der Waals surface area contributed by atoms with Gasteiger partial charge in [-0.05, 0) is 25.0 Å².